The van der Waals surface area contributed by atoms with E-state index < -0.39 is 27.4 Å². The van der Waals surface area contributed by atoms with Gasteiger partial charge in [-0.25, -0.2) is 17.7 Å². The van der Waals surface area contributed by atoms with Gasteiger partial charge in [-0.2, -0.15) is 0 Å². The van der Waals surface area contributed by atoms with E-state index in [1.165, 1.54) is 18.2 Å². The van der Waals surface area contributed by atoms with Crippen LogP contribution in [-0.2, 0) is 11.0 Å². The van der Waals surface area contributed by atoms with Crippen molar-refractivity contribution >= 4 is 21.8 Å². The molecule has 0 bridgehead atoms. The highest BCUT2D eigenvalue weighted by molar-refractivity contribution is 7.84. The fraction of sp³-hybridized carbons (Fsp3) is 0.375. The average Bonchev–Trinajstić information content (AvgIpc) is 2.38. The van der Waals surface area contributed by atoms with E-state index in [2.05, 4.69) is 4.72 Å². The summed E-state index contributed by atoms with van der Waals surface area (Å²) in [5.74, 6) is -0.935. The van der Waals surface area contributed by atoms with E-state index in [0.717, 1.165) is 5.56 Å². The van der Waals surface area contributed by atoms with Gasteiger partial charge in [0.1, 0.15) is 11.6 Å². The third-order valence-corrected chi connectivity index (χ3v) is 4.95. The van der Waals surface area contributed by atoms with E-state index in [1.807, 2.05) is 27.7 Å². The number of rotatable bonds is 3. The zero-order valence-electron chi connectivity index (χ0n) is 12.5. The SMILES string of the molecule is CC(NS(=O)C(C)(C)C)c1ccc(F)c2cc(F)ccc12. The molecule has 114 valence electrons. The van der Waals surface area contributed by atoms with Gasteiger partial charge < -0.3 is 0 Å². The molecule has 2 aromatic carbocycles. The van der Waals surface area contributed by atoms with Crippen LogP contribution in [0.3, 0.4) is 0 Å². The van der Waals surface area contributed by atoms with E-state index in [4.69, 9.17) is 0 Å². The predicted octanol–water partition coefficient (Wildman–Crippen LogP) is 4.23. The number of halogens is 2. The second-order valence-electron chi connectivity index (χ2n) is 6.05. The highest BCUT2D eigenvalue weighted by atomic mass is 32.2. The van der Waals surface area contributed by atoms with Crippen molar-refractivity contribution in [2.45, 2.75) is 38.5 Å². The molecule has 0 radical (unpaired) electrons. The molecule has 0 saturated heterocycles. The summed E-state index contributed by atoms with van der Waals surface area (Å²) < 4.78 is 41.9. The van der Waals surface area contributed by atoms with Crippen molar-refractivity contribution in [3.8, 4) is 0 Å². The lowest BCUT2D eigenvalue weighted by atomic mass is 10.00. The van der Waals surface area contributed by atoms with Crippen molar-refractivity contribution in [1.82, 2.24) is 4.72 Å². The van der Waals surface area contributed by atoms with E-state index in [0.29, 0.717) is 5.39 Å². The van der Waals surface area contributed by atoms with Crippen LogP contribution in [0.4, 0.5) is 8.78 Å². The summed E-state index contributed by atoms with van der Waals surface area (Å²) >= 11 is 0. The molecule has 2 nitrogen and oxygen atoms in total. The fourth-order valence-electron chi connectivity index (χ4n) is 2.09. The molecule has 5 heteroatoms. The van der Waals surface area contributed by atoms with Crippen molar-refractivity contribution in [3.05, 3.63) is 47.5 Å². The van der Waals surface area contributed by atoms with Crippen LogP contribution in [-0.4, -0.2) is 8.96 Å². The van der Waals surface area contributed by atoms with Crippen LogP contribution >= 0.6 is 0 Å². The van der Waals surface area contributed by atoms with Crippen LogP contribution in [0.1, 0.15) is 39.3 Å². The quantitative estimate of drug-likeness (QED) is 0.903. The largest absolute Gasteiger partial charge is 0.242 e. The maximum atomic E-state index is 13.8. The molecule has 2 unspecified atom stereocenters. The topological polar surface area (TPSA) is 29.1 Å². The smallest absolute Gasteiger partial charge is 0.131 e. The average molecular weight is 311 g/mol. The van der Waals surface area contributed by atoms with Crippen molar-refractivity contribution < 1.29 is 13.0 Å². The van der Waals surface area contributed by atoms with Gasteiger partial charge in [-0.3, -0.25) is 0 Å². The Morgan fingerprint density at radius 1 is 1.10 bits per heavy atom. The Bertz CT molecular complexity index is 694. The molecule has 2 atom stereocenters. The molecule has 21 heavy (non-hydrogen) atoms. The summed E-state index contributed by atoms with van der Waals surface area (Å²) in [5.41, 5.74) is 0.795. The lowest BCUT2D eigenvalue weighted by Gasteiger charge is -2.23. The maximum absolute atomic E-state index is 13.8. The zero-order valence-corrected chi connectivity index (χ0v) is 13.4. The van der Waals surface area contributed by atoms with Gasteiger partial charge in [0.2, 0.25) is 0 Å². The number of fused-ring (bicyclic) bond motifs is 1. The van der Waals surface area contributed by atoms with Gasteiger partial charge in [0, 0.05) is 11.4 Å². The van der Waals surface area contributed by atoms with E-state index in [1.54, 1.807) is 12.1 Å². The van der Waals surface area contributed by atoms with Gasteiger partial charge in [0.05, 0.1) is 15.7 Å². The molecule has 0 aliphatic carbocycles. The Balaban J connectivity index is 2.43. The molecule has 0 aromatic heterocycles. The molecule has 0 spiro atoms. The van der Waals surface area contributed by atoms with Gasteiger partial charge in [0.15, 0.2) is 0 Å². The second-order valence-corrected chi connectivity index (χ2v) is 8.05. The van der Waals surface area contributed by atoms with Gasteiger partial charge >= 0.3 is 0 Å². The van der Waals surface area contributed by atoms with Crippen molar-refractivity contribution in [2.24, 2.45) is 0 Å². The Hall–Kier alpha value is -1.33. The summed E-state index contributed by atoms with van der Waals surface area (Å²) in [6.07, 6.45) is 0. The first-order valence-corrected chi connectivity index (χ1v) is 7.91. The summed E-state index contributed by atoms with van der Waals surface area (Å²) in [6, 6.07) is 6.77. The van der Waals surface area contributed by atoms with Gasteiger partial charge in [-0.05, 0) is 56.8 Å². The molecule has 0 saturated carbocycles. The van der Waals surface area contributed by atoms with E-state index in [9.17, 15) is 13.0 Å². The van der Waals surface area contributed by atoms with Crippen LogP contribution in [0.15, 0.2) is 30.3 Å². The summed E-state index contributed by atoms with van der Waals surface area (Å²) in [7, 11) is -1.24. The predicted molar refractivity (Wildman–Crippen MR) is 83.3 cm³/mol. The Morgan fingerprint density at radius 2 is 1.76 bits per heavy atom. The first-order valence-electron chi connectivity index (χ1n) is 6.76. The molecule has 2 rings (SSSR count). The Labute approximate surface area is 126 Å². The summed E-state index contributed by atoms with van der Waals surface area (Å²) in [6.45, 7) is 7.49. The number of nitrogens with one attached hydrogen (secondary N) is 1. The fourth-order valence-corrected chi connectivity index (χ4v) is 2.89. The summed E-state index contributed by atoms with van der Waals surface area (Å²) in [5, 5.41) is 0.866. The zero-order chi connectivity index (χ0) is 15.8. The maximum Gasteiger partial charge on any atom is 0.131 e. The number of hydrogen-bond donors (Lipinski definition) is 1. The molecule has 0 aliphatic heterocycles. The third-order valence-electron chi connectivity index (χ3n) is 3.27. The Kier molecular flexibility index (Phi) is 4.44. The van der Waals surface area contributed by atoms with Crippen LogP contribution in [0.2, 0.25) is 0 Å². The minimum Gasteiger partial charge on any atom is -0.242 e. The van der Waals surface area contributed by atoms with E-state index in [-0.39, 0.29) is 11.4 Å². The number of hydrogen-bond acceptors (Lipinski definition) is 1. The normalized spacial score (nSPS) is 15.1. The molecule has 2 aromatic rings. The first kappa shape index (κ1) is 16.0. The van der Waals surface area contributed by atoms with Gasteiger partial charge in [-0.1, -0.05) is 12.1 Å². The van der Waals surface area contributed by atoms with Gasteiger partial charge in [-0.15, -0.1) is 0 Å². The molecule has 0 aliphatic rings. The summed E-state index contributed by atoms with van der Waals surface area (Å²) in [4.78, 5) is 0. The molecule has 0 heterocycles. The first-order chi connectivity index (χ1) is 9.70. The third kappa shape index (κ3) is 3.47. The van der Waals surface area contributed by atoms with E-state index >= 15 is 0 Å². The molecule has 0 amide bonds. The number of benzene rings is 2. The lowest BCUT2D eigenvalue weighted by molar-refractivity contribution is 0.613. The lowest BCUT2D eigenvalue weighted by Crippen LogP contribution is -2.34. The highest BCUT2D eigenvalue weighted by Gasteiger charge is 2.22. The molecular weight excluding hydrogens is 292 g/mol. The van der Waals surface area contributed by atoms with Crippen molar-refractivity contribution in [2.75, 3.05) is 0 Å². The van der Waals surface area contributed by atoms with Crippen molar-refractivity contribution in [3.63, 3.8) is 0 Å². The van der Waals surface area contributed by atoms with Crippen LogP contribution in [0.5, 0.6) is 0 Å². The van der Waals surface area contributed by atoms with Gasteiger partial charge in [0.25, 0.3) is 0 Å². The molecule has 0 fully saturated rings. The van der Waals surface area contributed by atoms with Crippen molar-refractivity contribution in [1.29, 1.82) is 0 Å². The monoisotopic (exact) mass is 311 g/mol. The Morgan fingerprint density at radius 3 is 2.38 bits per heavy atom. The molecular formula is C16H19F2NOS. The minimum absolute atomic E-state index is 0.237. The standard InChI is InChI=1S/C16H19F2NOS/c1-10(19-21(20)16(2,3)4)12-7-8-15(18)14-9-11(17)5-6-13(12)14/h5-10,19H,1-4H3. The van der Waals surface area contributed by atoms with Crippen LogP contribution in [0.25, 0.3) is 10.8 Å². The highest BCUT2D eigenvalue weighted by Crippen LogP contribution is 2.28. The van der Waals surface area contributed by atoms with Crippen LogP contribution < -0.4 is 4.72 Å². The minimum atomic E-state index is -1.24. The molecule has 1 N–H and O–H groups in total. The van der Waals surface area contributed by atoms with Crippen LogP contribution in [0, 0.1) is 11.6 Å². The second kappa shape index (κ2) is 5.81.